The third kappa shape index (κ3) is 6.27. The van der Waals surface area contributed by atoms with Crippen molar-refractivity contribution in [2.24, 2.45) is 5.92 Å². The molecule has 0 aliphatic heterocycles. The van der Waals surface area contributed by atoms with Gasteiger partial charge < -0.3 is 15.4 Å². The van der Waals surface area contributed by atoms with Crippen molar-refractivity contribution in [3.05, 3.63) is 59.1 Å². The predicted octanol–water partition coefficient (Wildman–Crippen LogP) is 4.72. The number of benzene rings is 2. The molecule has 148 valence electrons. The van der Waals surface area contributed by atoms with E-state index in [1.807, 2.05) is 31.2 Å². The van der Waals surface area contributed by atoms with Crippen LogP contribution in [0.15, 0.2) is 48.5 Å². The van der Waals surface area contributed by atoms with Crippen molar-refractivity contribution in [1.29, 1.82) is 0 Å². The molecule has 1 unspecified atom stereocenters. The molecule has 5 nitrogen and oxygen atoms in total. The van der Waals surface area contributed by atoms with E-state index in [1.165, 1.54) is 0 Å². The van der Waals surface area contributed by atoms with Crippen molar-refractivity contribution in [2.75, 3.05) is 11.9 Å². The van der Waals surface area contributed by atoms with E-state index in [0.29, 0.717) is 24.5 Å². The molecule has 1 atom stereocenters. The summed E-state index contributed by atoms with van der Waals surface area (Å²) in [4.78, 5) is 23.9. The third-order valence-corrected chi connectivity index (χ3v) is 4.89. The Labute approximate surface area is 170 Å². The van der Waals surface area contributed by atoms with Crippen LogP contribution in [0.5, 0.6) is 5.75 Å². The summed E-state index contributed by atoms with van der Waals surface area (Å²) in [6.07, 6.45) is 3.00. The zero-order valence-electron chi connectivity index (χ0n) is 15.9. The average molecular weight is 401 g/mol. The molecule has 0 saturated heterocycles. The molecule has 3 rings (SSSR count). The smallest absolute Gasteiger partial charge is 0.227 e. The molecule has 1 aliphatic rings. The molecule has 6 heteroatoms. The molecule has 0 bridgehead atoms. The minimum absolute atomic E-state index is 0.0154. The zero-order chi connectivity index (χ0) is 19.9. The molecule has 1 saturated carbocycles. The molecule has 2 N–H and O–H groups in total. The summed E-state index contributed by atoms with van der Waals surface area (Å²) in [7, 11) is 0. The number of nitrogens with one attached hydrogen (secondary N) is 2. The first-order chi connectivity index (χ1) is 13.5. The van der Waals surface area contributed by atoms with Gasteiger partial charge in [0.2, 0.25) is 11.8 Å². The van der Waals surface area contributed by atoms with Crippen molar-refractivity contribution in [1.82, 2.24) is 5.32 Å². The van der Waals surface area contributed by atoms with Gasteiger partial charge in [-0.05, 0) is 68.1 Å². The van der Waals surface area contributed by atoms with Gasteiger partial charge in [-0.2, -0.15) is 0 Å². The fraction of sp³-hybridized carbons (Fsp3) is 0.364. The van der Waals surface area contributed by atoms with Crippen LogP contribution < -0.4 is 15.4 Å². The van der Waals surface area contributed by atoms with Gasteiger partial charge in [0.15, 0.2) is 0 Å². The van der Waals surface area contributed by atoms with E-state index in [4.69, 9.17) is 16.3 Å². The molecule has 0 heterocycles. The van der Waals surface area contributed by atoms with Gasteiger partial charge in [-0.15, -0.1) is 0 Å². The van der Waals surface area contributed by atoms with Crippen molar-refractivity contribution in [3.8, 4) is 5.75 Å². The normalized spacial score (nSPS) is 14.2. The number of hydrogen-bond acceptors (Lipinski definition) is 3. The Morgan fingerprint density at radius 3 is 2.43 bits per heavy atom. The summed E-state index contributed by atoms with van der Waals surface area (Å²) >= 11 is 5.83. The molecular formula is C22H25ClN2O3. The average Bonchev–Trinajstić information content (AvgIpc) is 3.52. The first kappa shape index (κ1) is 20.2. The molecular weight excluding hydrogens is 376 g/mol. The lowest BCUT2D eigenvalue weighted by Crippen LogP contribution is -2.26. The van der Waals surface area contributed by atoms with Crippen LogP contribution in [-0.4, -0.2) is 18.4 Å². The van der Waals surface area contributed by atoms with Gasteiger partial charge in [-0.3, -0.25) is 9.59 Å². The predicted molar refractivity (Wildman–Crippen MR) is 111 cm³/mol. The molecule has 0 spiro atoms. The van der Waals surface area contributed by atoms with Crippen molar-refractivity contribution in [2.45, 2.75) is 38.6 Å². The topological polar surface area (TPSA) is 67.4 Å². The number of carbonyl (C=O) groups is 2. The van der Waals surface area contributed by atoms with Gasteiger partial charge in [-0.25, -0.2) is 0 Å². The number of halogens is 1. The lowest BCUT2D eigenvalue weighted by atomic mass is 10.1. The van der Waals surface area contributed by atoms with E-state index < -0.39 is 0 Å². The monoisotopic (exact) mass is 400 g/mol. The highest BCUT2D eigenvalue weighted by Crippen LogP contribution is 2.30. The quantitative estimate of drug-likeness (QED) is 0.598. The summed E-state index contributed by atoms with van der Waals surface area (Å²) < 4.78 is 5.59. The minimum atomic E-state index is -0.0992. The van der Waals surface area contributed by atoms with Crippen molar-refractivity contribution >= 4 is 29.1 Å². The van der Waals surface area contributed by atoms with E-state index in [1.54, 1.807) is 24.3 Å². The summed E-state index contributed by atoms with van der Waals surface area (Å²) in [5.74, 6) is 1.00. The van der Waals surface area contributed by atoms with Gasteiger partial charge >= 0.3 is 0 Å². The maximum absolute atomic E-state index is 12.1. The van der Waals surface area contributed by atoms with Crippen LogP contribution in [0, 0.1) is 5.92 Å². The third-order valence-electron chi connectivity index (χ3n) is 4.63. The molecule has 0 radical (unpaired) electrons. The Bertz CT molecular complexity index is 802. The van der Waals surface area contributed by atoms with Crippen molar-refractivity contribution in [3.63, 3.8) is 0 Å². The first-order valence-electron chi connectivity index (χ1n) is 9.60. The first-order valence-corrected chi connectivity index (χ1v) is 9.97. The van der Waals surface area contributed by atoms with Crippen LogP contribution in [0.3, 0.4) is 0 Å². The Morgan fingerprint density at radius 2 is 1.79 bits per heavy atom. The lowest BCUT2D eigenvalue weighted by molar-refractivity contribution is -0.122. The minimum Gasteiger partial charge on any atom is -0.494 e. The zero-order valence-corrected chi connectivity index (χ0v) is 16.7. The van der Waals surface area contributed by atoms with E-state index in [2.05, 4.69) is 10.6 Å². The van der Waals surface area contributed by atoms with Gasteiger partial charge in [0.25, 0.3) is 0 Å². The van der Waals surface area contributed by atoms with Crippen LogP contribution in [0.1, 0.15) is 44.2 Å². The van der Waals surface area contributed by atoms with Gasteiger partial charge in [-0.1, -0.05) is 23.7 Å². The van der Waals surface area contributed by atoms with Crippen LogP contribution in [0.2, 0.25) is 5.02 Å². The maximum atomic E-state index is 12.1. The molecule has 1 aliphatic carbocycles. The highest BCUT2D eigenvalue weighted by molar-refractivity contribution is 6.30. The second-order valence-electron chi connectivity index (χ2n) is 7.08. The van der Waals surface area contributed by atoms with Gasteiger partial charge in [0, 0.05) is 23.0 Å². The second-order valence-corrected chi connectivity index (χ2v) is 7.52. The molecule has 28 heavy (non-hydrogen) atoms. The highest BCUT2D eigenvalue weighted by atomic mass is 35.5. The summed E-state index contributed by atoms with van der Waals surface area (Å²) in [5, 5.41) is 6.57. The molecule has 0 aromatic heterocycles. The number of amides is 2. The summed E-state index contributed by atoms with van der Waals surface area (Å²) in [5.41, 5.74) is 1.79. The van der Waals surface area contributed by atoms with E-state index >= 15 is 0 Å². The molecule has 2 aromatic carbocycles. The second kappa shape index (κ2) is 9.60. The summed E-state index contributed by atoms with van der Waals surface area (Å²) in [6, 6.07) is 14.7. The number of anilines is 1. The SMILES string of the molecule is CC(NC(=O)CCCOc1ccc(Cl)cc1)c1ccc(NC(=O)C2CC2)cc1. The lowest BCUT2D eigenvalue weighted by Gasteiger charge is -2.15. The van der Waals surface area contributed by atoms with Crippen LogP contribution in [0.4, 0.5) is 5.69 Å². The highest BCUT2D eigenvalue weighted by Gasteiger charge is 2.29. The molecule has 2 aromatic rings. The standard InChI is InChI=1S/C22H25ClN2O3/c1-15(16-6-10-19(11-7-16)25-22(27)17-4-5-17)24-21(26)3-2-14-28-20-12-8-18(23)9-13-20/h6-13,15,17H,2-5,14H2,1H3,(H,24,26)(H,25,27). The Balaban J connectivity index is 1.37. The van der Waals surface area contributed by atoms with E-state index in [-0.39, 0.29) is 23.8 Å². The summed E-state index contributed by atoms with van der Waals surface area (Å²) in [6.45, 7) is 2.42. The maximum Gasteiger partial charge on any atom is 0.227 e. The Morgan fingerprint density at radius 1 is 1.11 bits per heavy atom. The van der Waals surface area contributed by atoms with Crippen molar-refractivity contribution < 1.29 is 14.3 Å². The van der Waals surface area contributed by atoms with Gasteiger partial charge in [0.05, 0.1) is 12.6 Å². The largest absolute Gasteiger partial charge is 0.494 e. The van der Waals surface area contributed by atoms with Crippen LogP contribution in [0.25, 0.3) is 0 Å². The number of rotatable bonds is 9. The molecule has 1 fully saturated rings. The van der Waals surface area contributed by atoms with Crippen LogP contribution >= 0.6 is 11.6 Å². The Kier molecular flexibility index (Phi) is 6.93. The Hall–Kier alpha value is -2.53. The fourth-order valence-electron chi connectivity index (χ4n) is 2.80. The van der Waals surface area contributed by atoms with Gasteiger partial charge in [0.1, 0.15) is 5.75 Å². The van der Waals surface area contributed by atoms with E-state index in [9.17, 15) is 9.59 Å². The number of ether oxygens (including phenoxy) is 1. The molecule has 2 amide bonds. The van der Waals surface area contributed by atoms with E-state index in [0.717, 1.165) is 29.8 Å². The number of hydrogen-bond donors (Lipinski definition) is 2. The fourth-order valence-corrected chi connectivity index (χ4v) is 2.92. The number of carbonyl (C=O) groups excluding carboxylic acids is 2. The van der Waals surface area contributed by atoms with Crippen LogP contribution in [-0.2, 0) is 9.59 Å².